The van der Waals surface area contributed by atoms with Gasteiger partial charge in [-0.3, -0.25) is 9.59 Å². The van der Waals surface area contributed by atoms with Crippen molar-refractivity contribution in [2.75, 3.05) is 18.2 Å². The molecule has 0 atom stereocenters. The minimum Gasteiger partial charge on any atom is -0.412 e. The average Bonchev–Trinajstić information content (AvgIpc) is 2.94. The number of benzene rings is 3. The molecular weight excluding hydrogens is 547 g/mol. The third-order valence-electron chi connectivity index (χ3n) is 6.06. The third-order valence-corrected chi connectivity index (χ3v) is 6.39. The van der Waals surface area contributed by atoms with E-state index in [1.807, 2.05) is 6.07 Å². The Bertz CT molecular complexity index is 1830. The van der Waals surface area contributed by atoms with E-state index in [0.29, 0.717) is 10.9 Å². The molecular formula is C28H19ClF3N5O3. The zero-order valence-electron chi connectivity index (χ0n) is 20.7. The molecule has 2 aromatic heterocycles. The maximum absolute atomic E-state index is 13.5. The van der Waals surface area contributed by atoms with Gasteiger partial charge in [-0.1, -0.05) is 54.1 Å². The summed E-state index contributed by atoms with van der Waals surface area (Å²) < 4.78 is 41.2. The highest BCUT2D eigenvalue weighted by molar-refractivity contribution is 6.33. The Morgan fingerprint density at radius 2 is 1.68 bits per heavy atom. The second-order valence-corrected chi connectivity index (χ2v) is 8.98. The number of hydrogen-bond donors (Lipinski definition) is 2. The number of nitrogens with two attached hydrogens (primary N) is 1. The van der Waals surface area contributed by atoms with Crippen LogP contribution in [0.2, 0.25) is 5.02 Å². The number of pyridine rings is 1. The molecule has 3 aromatic carbocycles. The summed E-state index contributed by atoms with van der Waals surface area (Å²) in [6.07, 6.45) is -4.72. The van der Waals surface area contributed by atoms with Crippen LogP contribution >= 0.6 is 11.6 Å². The number of anilines is 2. The second-order valence-electron chi connectivity index (χ2n) is 8.57. The van der Waals surface area contributed by atoms with E-state index >= 15 is 0 Å². The van der Waals surface area contributed by atoms with Gasteiger partial charge in [-0.15, -0.1) is 4.73 Å². The molecule has 40 heavy (non-hydrogen) atoms. The lowest BCUT2D eigenvalue weighted by Crippen LogP contribution is -2.27. The summed E-state index contributed by atoms with van der Waals surface area (Å²) >= 11 is 6.42. The van der Waals surface area contributed by atoms with Crippen LogP contribution < -0.4 is 21.4 Å². The van der Waals surface area contributed by atoms with Gasteiger partial charge in [0, 0.05) is 21.8 Å². The Labute approximate surface area is 229 Å². The van der Waals surface area contributed by atoms with Crippen molar-refractivity contribution in [1.82, 2.24) is 14.7 Å². The zero-order valence-corrected chi connectivity index (χ0v) is 21.4. The smallest absolute Gasteiger partial charge is 0.412 e. The summed E-state index contributed by atoms with van der Waals surface area (Å²) in [4.78, 5) is 40.5. The SMILES string of the molecule is COn1c(=O)c(-c2cc(NC(=O)c3ccccc3C(F)(F)F)ccc2Cl)cc2c(N)nc(-c3ccccc3)nc21. The first-order valence-electron chi connectivity index (χ1n) is 11.7. The number of carbonyl (C=O) groups is 1. The van der Waals surface area contributed by atoms with Crippen molar-refractivity contribution >= 4 is 40.0 Å². The summed E-state index contributed by atoms with van der Waals surface area (Å²) in [6, 6.07) is 19.1. The van der Waals surface area contributed by atoms with Crippen molar-refractivity contribution in [3.05, 3.63) is 105 Å². The Balaban J connectivity index is 1.60. The van der Waals surface area contributed by atoms with Crippen LogP contribution in [0.25, 0.3) is 33.5 Å². The lowest BCUT2D eigenvalue weighted by atomic mass is 10.0. The quantitative estimate of drug-likeness (QED) is 0.283. The molecule has 0 saturated heterocycles. The van der Waals surface area contributed by atoms with Gasteiger partial charge in [0.2, 0.25) is 0 Å². The summed E-state index contributed by atoms with van der Waals surface area (Å²) in [7, 11) is 1.28. The molecule has 12 heteroatoms. The van der Waals surface area contributed by atoms with Crippen molar-refractivity contribution in [2.45, 2.75) is 6.18 Å². The monoisotopic (exact) mass is 565 g/mol. The van der Waals surface area contributed by atoms with E-state index in [-0.39, 0.29) is 39.1 Å². The number of aromatic nitrogens is 3. The van der Waals surface area contributed by atoms with E-state index in [1.165, 1.54) is 43.5 Å². The number of nitrogen functional groups attached to an aromatic ring is 1. The molecule has 5 rings (SSSR count). The van der Waals surface area contributed by atoms with Gasteiger partial charge >= 0.3 is 6.18 Å². The predicted octanol–water partition coefficient (Wildman–Crippen LogP) is 5.69. The van der Waals surface area contributed by atoms with Gasteiger partial charge < -0.3 is 15.9 Å². The topological polar surface area (TPSA) is 112 Å². The van der Waals surface area contributed by atoms with Crippen LogP contribution in [0.4, 0.5) is 24.7 Å². The molecule has 0 aliphatic carbocycles. The first-order chi connectivity index (χ1) is 19.1. The number of carbonyl (C=O) groups excluding carboxylic acids is 1. The minimum atomic E-state index is -4.72. The fraction of sp³-hybridized carbons (Fsp3) is 0.0714. The minimum absolute atomic E-state index is 0.0360. The van der Waals surface area contributed by atoms with Crippen LogP contribution in [0.1, 0.15) is 15.9 Å². The molecule has 0 spiro atoms. The summed E-state index contributed by atoms with van der Waals surface area (Å²) in [6.45, 7) is 0. The van der Waals surface area contributed by atoms with E-state index in [9.17, 15) is 22.8 Å². The number of hydrogen-bond acceptors (Lipinski definition) is 6. The number of nitrogens with zero attached hydrogens (tertiary/aromatic N) is 3. The van der Waals surface area contributed by atoms with Crippen molar-refractivity contribution in [3.63, 3.8) is 0 Å². The molecule has 5 aromatic rings. The number of amides is 1. The molecule has 2 heterocycles. The normalized spacial score (nSPS) is 11.4. The summed E-state index contributed by atoms with van der Waals surface area (Å²) in [5.74, 6) is -0.634. The maximum atomic E-state index is 13.5. The molecule has 0 saturated carbocycles. The number of halogens is 4. The van der Waals surface area contributed by atoms with Crippen LogP contribution in [0, 0.1) is 0 Å². The predicted molar refractivity (Wildman–Crippen MR) is 146 cm³/mol. The van der Waals surface area contributed by atoms with Crippen LogP contribution in [-0.4, -0.2) is 27.7 Å². The van der Waals surface area contributed by atoms with Crippen LogP contribution in [-0.2, 0) is 6.18 Å². The van der Waals surface area contributed by atoms with Crippen LogP contribution in [0.5, 0.6) is 0 Å². The number of alkyl halides is 3. The van der Waals surface area contributed by atoms with Gasteiger partial charge in [0.05, 0.1) is 22.1 Å². The van der Waals surface area contributed by atoms with E-state index in [0.717, 1.165) is 16.9 Å². The Morgan fingerprint density at radius 3 is 2.38 bits per heavy atom. The maximum Gasteiger partial charge on any atom is 0.417 e. The number of rotatable bonds is 5. The molecule has 0 fully saturated rings. The number of nitrogens with one attached hydrogen (secondary N) is 1. The largest absolute Gasteiger partial charge is 0.417 e. The van der Waals surface area contributed by atoms with Crippen LogP contribution in [0.15, 0.2) is 83.7 Å². The van der Waals surface area contributed by atoms with Gasteiger partial charge in [0.25, 0.3) is 11.5 Å². The van der Waals surface area contributed by atoms with Gasteiger partial charge in [0.1, 0.15) is 12.9 Å². The molecule has 3 N–H and O–H groups in total. The Kier molecular flexibility index (Phi) is 6.90. The van der Waals surface area contributed by atoms with Gasteiger partial charge in [-0.25, -0.2) is 9.97 Å². The van der Waals surface area contributed by atoms with Gasteiger partial charge in [-0.2, -0.15) is 13.2 Å². The van der Waals surface area contributed by atoms with Gasteiger partial charge in [-0.05, 0) is 36.4 Å². The fourth-order valence-corrected chi connectivity index (χ4v) is 4.41. The highest BCUT2D eigenvalue weighted by atomic mass is 35.5. The molecule has 0 bridgehead atoms. The van der Waals surface area contributed by atoms with E-state index < -0.39 is 28.8 Å². The molecule has 0 aliphatic rings. The van der Waals surface area contributed by atoms with Gasteiger partial charge in [0.15, 0.2) is 11.5 Å². The first kappa shape index (κ1) is 26.7. The van der Waals surface area contributed by atoms with E-state index in [2.05, 4.69) is 15.3 Å². The number of fused-ring (bicyclic) bond motifs is 1. The van der Waals surface area contributed by atoms with Crippen molar-refractivity contribution in [2.24, 2.45) is 0 Å². The van der Waals surface area contributed by atoms with Crippen molar-refractivity contribution in [3.8, 4) is 22.5 Å². The second kappa shape index (κ2) is 10.3. The zero-order chi connectivity index (χ0) is 28.6. The fourth-order valence-electron chi connectivity index (χ4n) is 4.19. The molecule has 0 radical (unpaired) electrons. The Morgan fingerprint density at radius 1 is 0.975 bits per heavy atom. The lowest BCUT2D eigenvalue weighted by molar-refractivity contribution is -0.137. The highest BCUT2D eigenvalue weighted by Gasteiger charge is 2.35. The molecule has 8 nitrogen and oxygen atoms in total. The standard InChI is InChI=1S/C28H19ClF3N5O3/c1-40-37-25-20(23(33)35-24(36-25)15-7-3-2-4-8-15)14-19(27(37)39)18-13-16(11-12-22(18)29)34-26(38)17-9-5-6-10-21(17)28(30,31)32/h2-14H,1H3,(H,34,38)(H2,33,35,36). The van der Waals surface area contributed by atoms with E-state index in [1.54, 1.807) is 24.3 Å². The molecule has 202 valence electrons. The Hall–Kier alpha value is -4.90. The molecule has 1 amide bonds. The average molecular weight is 566 g/mol. The van der Waals surface area contributed by atoms with Crippen LogP contribution in [0.3, 0.4) is 0 Å². The van der Waals surface area contributed by atoms with E-state index in [4.69, 9.17) is 22.2 Å². The summed E-state index contributed by atoms with van der Waals surface area (Å²) in [5.41, 5.74) is 5.09. The lowest BCUT2D eigenvalue weighted by Gasteiger charge is -2.15. The van der Waals surface area contributed by atoms with Crippen molar-refractivity contribution < 1.29 is 22.8 Å². The first-order valence-corrected chi connectivity index (χ1v) is 12.1. The molecule has 0 aliphatic heterocycles. The highest BCUT2D eigenvalue weighted by Crippen LogP contribution is 2.34. The van der Waals surface area contributed by atoms with Crippen molar-refractivity contribution in [1.29, 1.82) is 0 Å². The molecule has 0 unspecified atom stereocenters. The summed E-state index contributed by atoms with van der Waals surface area (Å²) in [5, 5.41) is 2.87. The third kappa shape index (κ3) is 4.94.